The Labute approximate surface area is 136 Å². The van der Waals surface area contributed by atoms with Gasteiger partial charge in [0, 0.05) is 11.4 Å². The minimum absolute atomic E-state index is 0.108. The summed E-state index contributed by atoms with van der Waals surface area (Å²) in [5, 5.41) is 1.97. The number of thiazole rings is 1. The van der Waals surface area contributed by atoms with Crippen molar-refractivity contribution in [3.05, 3.63) is 45.4 Å². The molecule has 0 aliphatic rings. The lowest BCUT2D eigenvalue weighted by atomic mass is 10.3. The number of aryl methyl sites for hydroxylation is 1. The Kier molecular flexibility index (Phi) is 4.40. The minimum atomic E-state index is -0.108. The van der Waals surface area contributed by atoms with E-state index in [1.54, 1.807) is 18.4 Å². The van der Waals surface area contributed by atoms with Gasteiger partial charge in [-0.2, -0.15) is 4.99 Å². The van der Waals surface area contributed by atoms with Crippen LogP contribution in [0.2, 0.25) is 0 Å². The van der Waals surface area contributed by atoms with Gasteiger partial charge in [0.1, 0.15) is 5.75 Å². The maximum Gasteiger partial charge on any atom is 0.253 e. The maximum atomic E-state index is 12.2. The number of benzene rings is 1. The summed E-state index contributed by atoms with van der Waals surface area (Å²) < 4.78 is 8.39. The van der Waals surface area contributed by atoms with Gasteiger partial charge in [-0.1, -0.05) is 17.4 Å². The van der Waals surface area contributed by atoms with Crippen molar-refractivity contribution in [2.45, 2.75) is 19.9 Å². The first-order valence-corrected chi connectivity index (χ1v) is 8.68. The lowest BCUT2D eigenvalue weighted by Crippen LogP contribution is -2.16. The van der Waals surface area contributed by atoms with Crippen LogP contribution < -0.4 is 9.54 Å². The molecular weight excluding hydrogens is 316 g/mol. The van der Waals surface area contributed by atoms with Crippen LogP contribution in [0.4, 0.5) is 0 Å². The number of carbonyl (C=O) groups excluding carboxylic acids is 1. The van der Waals surface area contributed by atoms with Crippen LogP contribution in [0.25, 0.3) is 10.2 Å². The molecule has 0 fully saturated rings. The Balaban J connectivity index is 2.01. The van der Waals surface area contributed by atoms with Gasteiger partial charge in [-0.3, -0.25) is 4.79 Å². The third kappa shape index (κ3) is 2.98. The first-order valence-electron chi connectivity index (χ1n) is 6.98. The molecule has 0 radical (unpaired) electrons. The Morgan fingerprint density at radius 2 is 2.23 bits per heavy atom. The van der Waals surface area contributed by atoms with Crippen molar-refractivity contribution in [3.63, 3.8) is 0 Å². The van der Waals surface area contributed by atoms with Gasteiger partial charge in [0.25, 0.3) is 5.91 Å². The Morgan fingerprint density at radius 1 is 1.36 bits per heavy atom. The second-order valence-electron chi connectivity index (χ2n) is 4.72. The number of carbonyl (C=O) groups is 1. The summed E-state index contributed by atoms with van der Waals surface area (Å²) in [7, 11) is 1.65. The molecule has 0 N–H and O–H groups in total. The second kappa shape index (κ2) is 6.46. The Hall–Kier alpha value is -1.92. The number of ether oxygens (including phenoxy) is 1. The molecule has 0 aliphatic carbocycles. The van der Waals surface area contributed by atoms with Gasteiger partial charge in [0.2, 0.25) is 0 Å². The summed E-state index contributed by atoms with van der Waals surface area (Å²) in [6.45, 7) is 2.83. The van der Waals surface area contributed by atoms with Crippen molar-refractivity contribution in [1.82, 2.24) is 4.57 Å². The zero-order chi connectivity index (χ0) is 15.5. The third-order valence-electron chi connectivity index (χ3n) is 3.33. The lowest BCUT2D eigenvalue weighted by molar-refractivity contribution is -0.117. The zero-order valence-corrected chi connectivity index (χ0v) is 14.0. The molecule has 0 aliphatic heterocycles. The highest BCUT2D eigenvalue weighted by Crippen LogP contribution is 2.23. The van der Waals surface area contributed by atoms with Crippen LogP contribution in [-0.2, 0) is 17.8 Å². The Bertz CT molecular complexity index is 860. The van der Waals surface area contributed by atoms with Gasteiger partial charge in [0.15, 0.2) is 4.80 Å². The summed E-state index contributed by atoms with van der Waals surface area (Å²) in [4.78, 5) is 18.2. The molecule has 0 saturated carbocycles. The van der Waals surface area contributed by atoms with Crippen LogP contribution >= 0.6 is 22.7 Å². The maximum absolute atomic E-state index is 12.2. The predicted octanol–water partition coefficient (Wildman–Crippen LogP) is 3.46. The van der Waals surface area contributed by atoms with Crippen LogP contribution in [0.1, 0.15) is 11.8 Å². The van der Waals surface area contributed by atoms with Crippen molar-refractivity contribution < 1.29 is 9.53 Å². The predicted molar refractivity (Wildman–Crippen MR) is 90.6 cm³/mol. The molecule has 0 unspecified atom stereocenters. The number of rotatable bonds is 4. The highest BCUT2D eigenvalue weighted by atomic mass is 32.1. The van der Waals surface area contributed by atoms with Crippen LogP contribution in [0.3, 0.4) is 0 Å². The first-order chi connectivity index (χ1) is 10.7. The van der Waals surface area contributed by atoms with E-state index < -0.39 is 0 Å². The highest BCUT2D eigenvalue weighted by molar-refractivity contribution is 7.16. The summed E-state index contributed by atoms with van der Waals surface area (Å²) >= 11 is 3.10. The van der Waals surface area contributed by atoms with E-state index in [-0.39, 0.29) is 5.91 Å². The number of hydrogen-bond donors (Lipinski definition) is 0. The topological polar surface area (TPSA) is 43.6 Å². The zero-order valence-electron chi connectivity index (χ0n) is 12.4. The van der Waals surface area contributed by atoms with Crippen molar-refractivity contribution in [1.29, 1.82) is 0 Å². The van der Waals surface area contributed by atoms with Crippen LogP contribution in [0, 0.1) is 0 Å². The molecule has 0 atom stereocenters. The molecule has 1 aromatic carbocycles. The highest BCUT2D eigenvalue weighted by Gasteiger charge is 2.08. The summed E-state index contributed by atoms with van der Waals surface area (Å²) in [5.41, 5.74) is 1.08. The normalized spacial score (nSPS) is 12.0. The first kappa shape index (κ1) is 15.0. The Morgan fingerprint density at radius 3 is 2.91 bits per heavy atom. The van der Waals surface area contributed by atoms with Crippen molar-refractivity contribution in [3.8, 4) is 5.75 Å². The van der Waals surface area contributed by atoms with Gasteiger partial charge in [-0.25, -0.2) is 0 Å². The monoisotopic (exact) mass is 332 g/mol. The van der Waals surface area contributed by atoms with E-state index in [1.807, 2.05) is 35.7 Å². The molecule has 0 bridgehead atoms. The molecule has 2 heterocycles. The fourth-order valence-electron chi connectivity index (χ4n) is 2.28. The molecule has 114 valence electrons. The average Bonchev–Trinajstić information content (AvgIpc) is 3.13. The van der Waals surface area contributed by atoms with Gasteiger partial charge < -0.3 is 9.30 Å². The number of thiophene rings is 1. The van der Waals surface area contributed by atoms with Crippen molar-refractivity contribution in [2.75, 3.05) is 7.11 Å². The van der Waals surface area contributed by atoms with Gasteiger partial charge >= 0.3 is 0 Å². The fourth-order valence-corrected chi connectivity index (χ4v) is 4.12. The minimum Gasteiger partial charge on any atom is -0.497 e. The number of fused-ring (bicyclic) bond motifs is 1. The van der Waals surface area contributed by atoms with E-state index in [9.17, 15) is 4.79 Å². The smallest absolute Gasteiger partial charge is 0.253 e. The van der Waals surface area contributed by atoms with Crippen molar-refractivity contribution in [2.24, 2.45) is 4.99 Å². The molecule has 4 nitrogen and oxygen atoms in total. The van der Waals surface area contributed by atoms with Gasteiger partial charge in [-0.15, -0.1) is 11.3 Å². The molecule has 3 aromatic rings. The molecule has 0 spiro atoms. The standard InChI is InChI=1S/C16H16N2O2S2/c1-3-18-13-7-6-11(20-2)9-14(13)22-16(18)17-15(19)10-12-5-4-8-21-12/h4-9H,3,10H2,1-2H3. The molecule has 6 heteroatoms. The molecule has 22 heavy (non-hydrogen) atoms. The van der Waals surface area contributed by atoms with E-state index in [0.717, 1.165) is 32.2 Å². The number of aromatic nitrogens is 1. The number of methoxy groups -OCH3 is 1. The number of hydrogen-bond acceptors (Lipinski definition) is 4. The molecule has 2 aromatic heterocycles. The SMILES string of the molecule is CCn1c(=NC(=O)Cc2cccs2)sc2cc(OC)ccc21. The number of nitrogens with zero attached hydrogens (tertiary/aromatic N) is 2. The average molecular weight is 332 g/mol. The molecule has 1 amide bonds. The van der Waals surface area contributed by atoms with E-state index >= 15 is 0 Å². The summed E-state index contributed by atoms with van der Waals surface area (Å²) in [6.07, 6.45) is 0.360. The largest absolute Gasteiger partial charge is 0.497 e. The molecule has 3 rings (SSSR count). The van der Waals surface area contributed by atoms with E-state index in [0.29, 0.717) is 6.42 Å². The van der Waals surface area contributed by atoms with Crippen molar-refractivity contribution >= 4 is 38.8 Å². The van der Waals surface area contributed by atoms with Crippen LogP contribution in [0.15, 0.2) is 40.7 Å². The molecule has 0 saturated heterocycles. The summed E-state index contributed by atoms with van der Waals surface area (Å²) in [6, 6.07) is 9.83. The van der Waals surface area contributed by atoms with Gasteiger partial charge in [0.05, 0.1) is 23.7 Å². The third-order valence-corrected chi connectivity index (χ3v) is 5.25. The van der Waals surface area contributed by atoms with Gasteiger partial charge in [-0.05, 0) is 36.6 Å². The number of amides is 1. The van der Waals surface area contributed by atoms with E-state index in [4.69, 9.17) is 4.74 Å². The summed E-state index contributed by atoms with van der Waals surface area (Å²) in [5.74, 6) is 0.705. The fraction of sp³-hybridized carbons (Fsp3) is 0.250. The molecular formula is C16H16N2O2S2. The van der Waals surface area contributed by atoms with E-state index in [2.05, 4.69) is 16.5 Å². The van der Waals surface area contributed by atoms with Crippen LogP contribution in [-0.4, -0.2) is 17.6 Å². The quantitative estimate of drug-likeness (QED) is 0.734. The lowest BCUT2D eigenvalue weighted by Gasteiger charge is -2.01. The van der Waals surface area contributed by atoms with Crippen LogP contribution in [0.5, 0.6) is 5.75 Å². The van der Waals surface area contributed by atoms with E-state index in [1.165, 1.54) is 11.3 Å². The second-order valence-corrected chi connectivity index (χ2v) is 6.77.